The van der Waals surface area contributed by atoms with Crippen molar-refractivity contribution in [2.24, 2.45) is 0 Å². The molecule has 1 aliphatic carbocycles. The minimum absolute atomic E-state index is 0.0257. The molecule has 0 radical (unpaired) electrons. The van der Waals surface area contributed by atoms with Crippen LogP contribution in [-0.4, -0.2) is 41.1 Å². The molecule has 178 valence electrons. The molecule has 33 heavy (non-hydrogen) atoms. The fourth-order valence-corrected chi connectivity index (χ4v) is 5.29. The first-order valence-corrected chi connectivity index (χ1v) is 13.5. The maximum atomic E-state index is 13.2. The van der Waals surface area contributed by atoms with Gasteiger partial charge in [0, 0.05) is 18.3 Å². The Hall–Kier alpha value is -1.69. The summed E-state index contributed by atoms with van der Waals surface area (Å²) < 4.78 is 0. The SMILES string of the molecule is CC(C(=O)NC1CCCCC1)N(CCc1ccccc1)C(=O)CSCc1ccc(Cl)c(Cl)c1. The number of nitrogens with one attached hydrogen (secondary N) is 1. The highest BCUT2D eigenvalue weighted by molar-refractivity contribution is 7.99. The number of nitrogens with zero attached hydrogens (tertiary/aromatic N) is 1. The summed E-state index contributed by atoms with van der Waals surface area (Å²) in [6.45, 7) is 2.35. The van der Waals surface area contributed by atoms with E-state index in [1.807, 2.05) is 37.3 Å². The summed E-state index contributed by atoms with van der Waals surface area (Å²) >= 11 is 13.6. The van der Waals surface area contributed by atoms with Crippen LogP contribution in [0.15, 0.2) is 48.5 Å². The Morgan fingerprint density at radius 1 is 1.03 bits per heavy atom. The second-order valence-electron chi connectivity index (χ2n) is 8.58. The van der Waals surface area contributed by atoms with Gasteiger partial charge in [0.2, 0.25) is 11.8 Å². The van der Waals surface area contributed by atoms with Gasteiger partial charge >= 0.3 is 0 Å². The molecule has 1 saturated carbocycles. The Morgan fingerprint density at radius 2 is 1.76 bits per heavy atom. The van der Waals surface area contributed by atoms with E-state index in [1.54, 1.807) is 11.0 Å². The van der Waals surface area contributed by atoms with Crippen LogP contribution in [0.25, 0.3) is 0 Å². The lowest BCUT2D eigenvalue weighted by molar-refractivity contribution is -0.138. The molecule has 0 aromatic heterocycles. The Kier molecular flexibility index (Phi) is 10.4. The van der Waals surface area contributed by atoms with E-state index in [4.69, 9.17) is 23.2 Å². The number of carbonyl (C=O) groups excluding carboxylic acids is 2. The van der Waals surface area contributed by atoms with Gasteiger partial charge in [-0.2, -0.15) is 0 Å². The molecule has 0 aliphatic heterocycles. The van der Waals surface area contributed by atoms with Gasteiger partial charge in [0.1, 0.15) is 6.04 Å². The topological polar surface area (TPSA) is 49.4 Å². The highest BCUT2D eigenvalue weighted by atomic mass is 35.5. The second-order valence-corrected chi connectivity index (χ2v) is 10.4. The van der Waals surface area contributed by atoms with Gasteiger partial charge in [-0.1, -0.05) is 78.9 Å². The Labute approximate surface area is 211 Å². The fraction of sp³-hybridized carbons (Fsp3) is 0.462. The fourth-order valence-electron chi connectivity index (χ4n) is 4.11. The Balaban J connectivity index is 1.60. The molecule has 7 heteroatoms. The van der Waals surface area contributed by atoms with Crippen LogP contribution in [0.4, 0.5) is 0 Å². The maximum absolute atomic E-state index is 13.2. The van der Waals surface area contributed by atoms with Crippen molar-refractivity contribution < 1.29 is 9.59 Å². The molecule has 0 spiro atoms. The molecular weight excluding hydrogens is 475 g/mol. The lowest BCUT2D eigenvalue weighted by Crippen LogP contribution is -2.51. The highest BCUT2D eigenvalue weighted by Crippen LogP contribution is 2.25. The molecule has 1 N–H and O–H groups in total. The van der Waals surface area contributed by atoms with Crippen molar-refractivity contribution in [1.82, 2.24) is 10.2 Å². The average molecular weight is 508 g/mol. The monoisotopic (exact) mass is 506 g/mol. The minimum Gasteiger partial charge on any atom is -0.352 e. The van der Waals surface area contributed by atoms with Gasteiger partial charge in [0.15, 0.2) is 0 Å². The number of benzene rings is 2. The van der Waals surface area contributed by atoms with Crippen LogP contribution in [0.3, 0.4) is 0 Å². The van der Waals surface area contributed by atoms with Crippen molar-refractivity contribution in [2.75, 3.05) is 12.3 Å². The van der Waals surface area contributed by atoms with E-state index in [2.05, 4.69) is 17.4 Å². The van der Waals surface area contributed by atoms with Gasteiger partial charge < -0.3 is 10.2 Å². The summed E-state index contributed by atoms with van der Waals surface area (Å²) in [5, 5.41) is 4.21. The lowest BCUT2D eigenvalue weighted by atomic mass is 9.95. The first-order chi connectivity index (χ1) is 15.9. The zero-order valence-electron chi connectivity index (χ0n) is 19.1. The van der Waals surface area contributed by atoms with Crippen molar-refractivity contribution in [3.63, 3.8) is 0 Å². The van der Waals surface area contributed by atoms with Crippen LogP contribution >= 0.6 is 35.0 Å². The van der Waals surface area contributed by atoms with Crippen molar-refractivity contribution in [1.29, 1.82) is 0 Å². The number of thioether (sulfide) groups is 1. The summed E-state index contributed by atoms with van der Waals surface area (Å²) in [6.07, 6.45) is 6.30. The molecule has 1 unspecified atom stereocenters. The summed E-state index contributed by atoms with van der Waals surface area (Å²) in [6, 6.07) is 15.3. The van der Waals surface area contributed by atoms with E-state index in [0.29, 0.717) is 34.5 Å². The zero-order valence-corrected chi connectivity index (χ0v) is 21.4. The van der Waals surface area contributed by atoms with E-state index in [0.717, 1.165) is 36.8 Å². The summed E-state index contributed by atoms with van der Waals surface area (Å²) in [5.41, 5.74) is 2.17. The van der Waals surface area contributed by atoms with Crippen molar-refractivity contribution in [3.8, 4) is 0 Å². The van der Waals surface area contributed by atoms with Gasteiger partial charge in [-0.25, -0.2) is 0 Å². The van der Waals surface area contributed by atoms with Crippen LogP contribution in [0.2, 0.25) is 10.0 Å². The maximum Gasteiger partial charge on any atom is 0.242 e. The number of hydrogen-bond acceptors (Lipinski definition) is 3. The standard InChI is InChI=1S/C26H32Cl2N2O2S/c1-19(26(32)29-22-10-6-3-7-11-22)30(15-14-20-8-4-2-5-9-20)25(31)18-33-17-21-12-13-23(27)24(28)16-21/h2,4-5,8-9,12-13,16,19,22H,3,6-7,10-11,14-15,17-18H2,1H3,(H,29,32). The number of carbonyl (C=O) groups is 2. The third-order valence-electron chi connectivity index (χ3n) is 6.08. The van der Waals surface area contributed by atoms with E-state index in [1.165, 1.54) is 18.2 Å². The molecule has 1 atom stereocenters. The predicted octanol–water partition coefficient (Wildman–Crippen LogP) is 6.14. The molecule has 1 aliphatic rings. The van der Waals surface area contributed by atoms with Gasteiger partial charge in [-0.05, 0) is 49.4 Å². The quantitative estimate of drug-likeness (QED) is 0.421. The number of rotatable bonds is 10. The number of halogens is 2. The number of hydrogen-bond donors (Lipinski definition) is 1. The molecule has 2 amide bonds. The Morgan fingerprint density at radius 3 is 2.45 bits per heavy atom. The molecule has 0 saturated heterocycles. The van der Waals surface area contributed by atoms with Crippen LogP contribution in [0.5, 0.6) is 0 Å². The van der Waals surface area contributed by atoms with Crippen molar-refractivity contribution in [2.45, 2.75) is 63.3 Å². The highest BCUT2D eigenvalue weighted by Gasteiger charge is 2.27. The van der Waals surface area contributed by atoms with Crippen LogP contribution in [0, 0.1) is 0 Å². The average Bonchev–Trinajstić information content (AvgIpc) is 2.82. The largest absolute Gasteiger partial charge is 0.352 e. The van der Waals surface area contributed by atoms with E-state index in [9.17, 15) is 9.59 Å². The summed E-state index contributed by atoms with van der Waals surface area (Å²) in [7, 11) is 0. The molecule has 2 aromatic rings. The summed E-state index contributed by atoms with van der Waals surface area (Å²) in [5.74, 6) is 0.869. The number of amides is 2. The van der Waals surface area contributed by atoms with Crippen LogP contribution < -0.4 is 5.32 Å². The van der Waals surface area contributed by atoms with Gasteiger partial charge in [0.05, 0.1) is 15.8 Å². The third-order valence-corrected chi connectivity index (χ3v) is 7.81. The van der Waals surface area contributed by atoms with E-state index < -0.39 is 6.04 Å². The molecule has 3 rings (SSSR count). The zero-order chi connectivity index (χ0) is 23.6. The van der Waals surface area contributed by atoms with Crippen LogP contribution in [-0.2, 0) is 21.8 Å². The third kappa shape index (κ3) is 8.24. The van der Waals surface area contributed by atoms with E-state index in [-0.39, 0.29) is 17.9 Å². The molecular formula is C26H32Cl2N2O2S. The summed E-state index contributed by atoms with van der Waals surface area (Å²) in [4.78, 5) is 27.9. The predicted molar refractivity (Wildman–Crippen MR) is 139 cm³/mol. The second kappa shape index (κ2) is 13.3. The normalized spacial score (nSPS) is 15.1. The minimum atomic E-state index is -0.506. The smallest absolute Gasteiger partial charge is 0.242 e. The first-order valence-electron chi connectivity index (χ1n) is 11.6. The first kappa shape index (κ1) is 25.9. The lowest BCUT2D eigenvalue weighted by Gasteiger charge is -2.31. The van der Waals surface area contributed by atoms with Gasteiger partial charge in [-0.15, -0.1) is 11.8 Å². The Bertz CT molecular complexity index is 920. The molecule has 0 heterocycles. The van der Waals surface area contributed by atoms with Crippen molar-refractivity contribution in [3.05, 3.63) is 69.7 Å². The molecule has 0 bridgehead atoms. The molecule has 2 aromatic carbocycles. The molecule has 4 nitrogen and oxygen atoms in total. The van der Waals surface area contributed by atoms with Gasteiger partial charge in [-0.3, -0.25) is 9.59 Å². The van der Waals surface area contributed by atoms with Crippen LogP contribution in [0.1, 0.15) is 50.2 Å². The van der Waals surface area contributed by atoms with Crippen molar-refractivity contribution >= 4 is 46.8 Å². The molecule has 1 fully saturated rings. The van der Waals surface area contributed by atoms with Gasteiger partial charge in [0.25, 0.3) is 0 Å². The van der Waals surface area contributed by atoms with E-state index >= 15 is 0 Å².